The number of anilines is 1. The normalized spacial score (nSPS) is 15.3. The molecule has 2 aromatic carbocycles. The third kappa shape index (κ3) is 5.64. The van der Waals surface area contributed by atoms with Crippen LogP contribution >= 0.6 is 23.2 Å². The summed E-state index contributed by atoms with van der Waals surface area (Å²) in [6, 6.07) is 11.9. The van der Waals surface area contributed by atoms with Gasteiger partial charge < -0.3 is 15.0 Å². The van der Waals surface area contributed by atoms with Crippen LogP contribution in [-0.4, -0.2) is 35.9 Å². The van der Waals surface area contributed by atoms with Crippen molar-refractivity contribution < 1.29 is 14.3 Å². The van der Waals surface area contributed by atoms with E-state index >= 15 is 0 Å². The highest BCUT2D eigenvalue weighted by atomic mass is 35.5. The molecule has 29 heavy (non-hydrogen) atoms. The molecule has 1 atom stereocenters. The molecule has 2 aromatic rings. The second-order valence-corrected chi connectivity index (χ2v) is 7.92. The summed E-state index contributed by atoms with van der Waals surface area (Å²) in [6.07, 6.45) is 3.49. The van der Waals surface area contributed by atoms with E-state index in [4.69, 9.17) is 27.9 Å². The van der Waals surface area contributed by atoms with E-state index in [-0.39, 0.29) is 11.8 Å². The number of nitrogens with one attached hydrogen (secondary N) is 1. The van der Waals surface area contributed by atoms with Crippen LogP contribution in [0, 0.1) is 0 Å². The smallest absolute Gasteiger partial charge is 0.265 e. The lowest BCUT2D eigenvalue weighted by atomic mass is 10.1. The van der Waals surface area contributed by atoms with Crippen molar-refractivity contribution >= 4 is 40.7 Å². The molecular weight excluding hydrogens is 411 g/mol. The van der Waals surface area contributed by atoms with Crippen LogP contribution in [0.3, 0.4) is 0 Å². The van der Waals surface area contributed by atoms with Gasteiger partial charge in [-0.3, -0.25) is 9.59 Å². The Morgan fingerprint density at radius 3 is 2.41 bits per heavy atom. The van der Waals surface area contributed by atoms with Crippen molar-refractivity contribution in [2.75, 3.05) is 18.4 Å². The van der Waals surface area contributed by atoms with Crippen LogP contribution in [-0.2, 0) is 4.79 Å². The van der Waals surface area contributed by atoms with E-state index in [1.54, 1.807) is 49.4 Å². The Labute approximate surface area is 180 Å². The minimum atomic E-state index is -0.810. The van der Waals surface area contributed by atoms with Crippen LogP contribution in [0.2, 0.25) is 10.0 Å². The van der Waals surface area contributed by atoms with Crippen LogP contribution < -0.4 is 10.1 Å². The number of rotatable bonds is 5. The number of ether oxygens (including phenoxy) is 1. The van der Waals surface area contributed by atoms with E-state index < -0.39 is 6.10 Å². The molecule has 1 aliphatic rings. The molecule has 0 aliphatic carbocycles. The fourth-order valence-electron chi connectivity index (χ4n) is 3.27. The molecule has 3 rings (SSSR count). The van der Waals surface area contributed by atoms with Gasteiger partial charge in [-0.2, -0.15) is 0 Å². The topological polar surface area (TPSA) is 58.6 Å². The van der Waals surface area contributed by atoms with Crippen molar-refractivity contribution in [2.24, 2.45) is 0 Å². The van der Waals surface area contributed by atoms with Gasteiger partial charge in [-0.1, -0.05) is 48.2 Å². The van der Waals surface area contributed by atoms with Gasteiger partial charge in [0.05, 0.1) is 16.3 Å². The molecule has 154 valence electrons. The van der Waals surface area contributed by atoms with Crippen LogP contribution in [0.5, 0.6) is 5.75 Å². The van der Waals surface area contributed by atoms with E-state index in [0.29, 0.717) is 27.0 Å². The summed E-state index contributed by atoms with van der Waals surface area (Å²) in [4.78, 5) is 27.5. The third-order valence-electron chi connectivity index (χ3n) is 4.88. The third-order valence-corrected chi connectivity index (χ3v) is 5.41. The quantitative estimate of drug-likeness (QED) is 0.683. The van der Waals surface area contributed by atoms with Gasteiger partial charge in [-0.25, -0.2) is 0 Å². The predicted molar refractivity (Wildman–Crippen MR) is 116 cm³/mol. The monoisotopic (exact) mass is 434 g/mol. The first-order valence-electron chi connectivity index (χ1n) is 9.76. The van der Waals surface area contributed by atoms with Crippen molar-refractivity contribution in [3.63, 3.8) is 0 Å². The summed E-state index contributed by atoms with van der Waals surface area (Å²) in [5.74, 6) is -0.0584. The molecule has 7 heteroatoms. The van der Waals surface area contributed by atoms with Gasteiger partial charge in [0.2, 0.25) is 0 Å². The summed E-state index contributed by atoms with van der Waals surface area (Å²) in [5, 5.41) is 3.63. The lowest BCUT2D eigenvalue weighted by molar-refractivity contribution is -0.122. The second-order valence-electron chi connectivity index (χ2n) is 7.08. The van der Waals surface area contributed by atoms with Gasteiger partial charge in [0.15, 0.2) is 6.10 Å². The van der Waals surface area contributed by atoms with Crippen LogP contribution in [0.1, 0.15) is 43.0 Å². The van der Waals surface area contributed by atoms with Gasteiger partial charge in [0.25, 0.3) is 11.8 Å². The molecule has 0 bridgehead atoms. The average molecular weight is 435 g/mol. The van der Waals surface area contributed by atoms with Gasteiger partial charge in [-0.15, -0.1) is 0 Å². The number of hydrogen-bond donors (Lipinski definition) is 1. The molecule has 1 saturated heterocycles. The summed E-state index contributed by atoms with van der Waals surface area (Å²) >= 11 is 12.0. The van der Waals surface area contributed by atoms with E-state index in [1.807, 2.05) is 4.90 Å². The Bertz CT molecular complexity index is 880. The van der Waals surface area contributed by atoms with Crippen molar-refractivity contribution in [2.45, 2.75) is 38.7 Å². The summed E-state index contributed by atoms with van der Waals surface area (Å²) in [5.41, 5.74) is 0.962. The number of halogens is 2. The van der Waals surface area contributed by atoms with Gasteiger partial charge in [-0.05, 0) is 50.1 Å². The molecule has 1 fully saturated rings. The molecule has 0 aromatic heterocycles. The zero-order valence-electron chi connectivity index (χ0n) is 16.3. The molecule has 0 radical (unpaired) electrons. The Balaban J connectivity index is 1.70. The predicted octanol–water partition coefficient (Wildman–Crippen LogP) is 5.42. The average Bonchev–Trinajstić information content (AvgIpc) is 2.99. The summed E-state index contributed by atoms with van der Waals surface area (Å²) in [7, 11) is 0. The molecule has 0 saturated carbocycles. The van der Waals surface area contributed by atoms with Crippen molar-refractivity contribution in [1.82, 2.24) is 4.90 Å². The minimum absolute atomic E-state index is 0.0582. The maximum atomic E-state index is 13.0. The summed E-state index contributed by atoms with van der Waals surface area (Å²) in [6.45, 7) is 3.12. The van der Waals surface area contributed by atoms with Crippen LogP contribution in [0.4, 0.5) is 5.69 Å². The van der Waals surface area contributed by atoms with Gasteiger partial charge in [0, 0.05) is 18.1 Å². The number of nitrogens with zero attached hydrogens (tertiary/aromatic N) is 1. The molecule has 2 amide bonds. The largest absolute Gasteiger partial charge is 0.479 e. The highest BCUT2D eigenvalue weighted by Gasteiger charge is 2.22. The SMILES string of the molecule is CC(Oc1ccc(Cl)cc1Cl)C(=O)Nc1ccccc1C(=O)N1CCCCCC1. The van der Waals surface area contributed by atoms with Crippen LogP contribution in [0.15, 0.2) is 42.5 Å². The fraction of sp³-hybridized carbons (Fsp3) is 0.364. The molecule has 1 aliphatic heterocycles. The zero-order chi connectivity index (χ0) is 20.8. The highest BCUT2D eigenvalue weighted by Crippen LogP contribution is 2.28. The number of carbonyl (C=O) groups is 2. The van der Waals surface area contributed by atoms with Crippen molar-refractivity contribution in [3.8, 4) is 5.75 Å². The Morgan fingerprint density at radius 2 is 1.72 bits per heavy atom. The zero-order valence-corrected chi connectivity index (χ0v) is 17.8. The van der Waals surface area contributed by atoms with Crippen LogP contribution in [0.25, 0.3) is 0 Å². The standard InChI is InChI=1S/C22H24Cl2N2O3/c1-15(29-20-11-10-16(23)14-18(20)24)21(27)25-19-9-5-4-8-17(19)22(28)26-12-6-2-3-7-13-26/h4-5,8-11,14-15H,2-3,6-7,12-13H2,1H3,(H,25,27). The Kier molecular flexibility index (Phi) is 7.40. The molecular formula is C22H24Cl2N2O3. The number of hydrogen-bond acceptors (Lipinski definition) is 3. The minimum Gasteiger partial charge on any atom is -0.479 e. The van der Waals surface area contributed by atoms with E-state index in [1.165, 1.54) is 0 Å². The van der Waals surface area contributed by atoms with E-state index in [0.717, 1.165) is 38.8 Å². The number of likely N-dealkylation sites (tertiary alicyclic amines) is 1. The molecule has 1 unspecified atom stereocenters. The second kappa shape index (κ2) is 9.99. The number of carbonyl (C=O) groups excluding carboxylic acids is 2. The molecule has 5 nitrogen and oxygen atoms in total. The number of benzene rings is 2. The molecule has 0 spiro atoms. The van der Waals surface area contributed by atoms with E-state index in [2.05, 4.69) is 5.32 Å². The Morgan fingerprint density at radius 1 is 1.03 bits per heavy atom. The van der Waals surface area contributed by atoms with Gasteiger partial charge >= 0.3 is 0 Å². The first-order valence-corrected chi connectivity index (χ1v) is 10.5. The highest BCUT2D eigenvalue weighted by molar-refractivity contribution is 6.35. The molecule has 1 heterocycles. The molecule has 1 N–H and O–H groups in total. The lowest BCUT2D eigenvalue weighted by Gasteiger charge is -2.22. The maximum Gasteiger partial charge on any atom is 0.265 e. The van der Waals surface area contributed by atoms with E-state index in [9.17, 15) is 9.59 Å². The maximum absolute atomic E-state index is 13.0. The summed E-state index contributed by atoms with van der Waals surface area (Å²) < 4.78 is 5.67. The first-order chi connectivity index (χ1) is 14.0. The van der Waals surface area contributed by atoms with Crippen molar-refractivity contribution in [3.05, 3.63) is 58.1 Å². The first kappa shape index (κ1) is 21.5. The van der Waals surface area contributed by atoms with Crippen molar-refractivity contribution in [1.29, 1.82) is 0 Å². The van der Waals surface area contributed by atoms with Gasteiger partial charge in [0.1, 0.15) is 5.75 Å². The number of para-hydroxylation sites is 1. The number of amides is 2. The Hall–Kier alpha value is -2.24. The fourth-order valence-corrected chi connectivity index (χ4v) is 3.72. The lowest BCUT2D eigenvalue weighted by Crippen LogP contribution is -2.34.